The van der Waals surface area contributed by atoms with E-state index >= 15 is 0 Å². The lowest BCUT2D eigenvalue weighted by Crippen LogP contribution is -2.17. The Morgan fingerprint density at radius 2 is 1.94 bits per heavy atom. The van der Waals surface area contributed by atoms with Crippen LogP contribution < -0.4 is 4.74 Å². The van der Waals surface area contributed by atoms with Gasteiger partial charge >= 0.3 is 6.36 Å². The number of benzene rings is 1. The number of nitrogens with zero attached hydrogens (tertiary/aromatic N) is 1. The molecule has 2 nitrogen and oxygen atoms in total. The van der Waals surface area contributed by atoms with Gasteiger partial charge in [0.15, 0.2) is 0 Å². The van der Waals surface area contributed by atoms with Gasteiger partial charge in [0.25, 0.3) is 0 Å². The fraction of sp³-hybridized carbons (Fsp3) is 0.500. The number of halogens is 4. The zero-order valence-corrected chi connectivity index (χ0v) is 11.8. The molecular weight excluding hydrogens is 311 g/mol. The highest BCUT2D eigenvalue weighted by atomic mass is 79.9. The lowest BCUT2D eigenvalue weighted by molar-refractivity contribution is -0.274. The molecule has 0 saturated heterocycles. The van der Waals surface area contributed by atoms with E-state index in [-0.39, 0.29) is 5.75 Å². The summed E-state index contributed by atoms with van der Waals surface area (Å²) < 4.78 is 41.0. The second-order valence-corrected chi connectivity index (χ2v) is 5.06. The molecule has 0 aliphatic heterocycles. The lowest BCUT2D eigenvalue weighted by Gasteiger charge is -2.12. The number of hydrogen-bond donors (Lipinski definition) is 0. The molecule has 0 bridgehead atoms. The van der Waals surface area contributed by atoms with Crippen molar-refractivity contribution in [2.24, 2.45) is 0 Å². The zero-order valence-electron chi connectivity index (χ0n) is 10.2. The van der Waals surface area contributed by atoms with Crippen LogP contribution in [0.5, 0.6) is 5.75 Å². The first-order chi connectivity index (χ1) is 8.28. The monoisotopic (exact) mass is 325 g/mol. The molecular formula is C12H15BrF3NO. The lowest BCUT2D eigenvalue weighted by atomic mass is 10.1. The second kappa shape index (κ2) is 6.43. The van der Waals surface area contributed by atoms with Crippen LogP contribution in [0.3, 0.4) is 0 Å². The maximum atomic E-state index is 12.1. The summed E-state index contributed by atoms with van der Waals surface area (Å²) in [6.45, 7) is 0.886. The van der Waals surface area contributed by atoms with E-state index in [1.807, 2.05) is 19.0 Å². The molecule has 0 unspecified atom stereocenters. The van der Waals surface area contributed by atoms with Gasteiger partial charge in [-0.25, -0.2) is 0 Å². The molecule has 0 saturated carbocycles. The van der Waals surface area contributed by atoms with Gasteiger partial charge in [0.2, 0.25) is 0 Å². The van der Waals surface area contributed by atoms with E-state index in [2.05, 4.69) is 20.7 Å². The fourth-order valence-corrected chi connectivity index (χ4v) is 1.97. The summed E-state index contributed by atoms with van der Waals surface area (Å²) in [5.74, 6) is -0.175. The Hall–Kier alpha value is -0.750. The minimum Gasteiger partial charge on any atom is -0.406 e. The van der Waals surface area contributed by atoms with Gasteiger partial charge in [0.05, 0.1) is 0 Å². The maximum absolute atomic E-state index is 12.1. The predicted octanol–water partition coefficient (Wildman–Crippen LogP) is 3.84. The Balaban J connectivity index is 2.69. The Bertz CT molecular complexity index is 393. The third-order valence-electron chi connectivity index (χ3n) is 2.30. The molecule has 1 aromatic carbocycles. The number of hydrogen-bond acceptors (Lipinski definition) is 2. The van der Waals surface area contributed by atoms with Crippen molar-refractivity contribution in [3.05, 3.63) is 28.2 Å². The zero-order chi connectivity index (χ0) is 13.8. The van der Waals surface area contributed by atoms with Crippen LogP contribution in [-0.4, -0.2) is 31.9 Å². The SMILES string of the molecule is CN(C)CCCc1cc(OC(F)(F)F)ccc1Br. The van der Waals surface area contributed by atoms with E-state index in [0.29, 0.717) is 6.42 Å². The molecule has 18 heavy (non-hydrogen) atoms. The summed E-state index contributed by atoms with van der Waals surface area (Å²) in [4.78, 5) is 2.03. The van der Waals surface area contributed by atoms with Gasteiger partial charge in [-0.15, -0.1) is 13.2 Å². The number of alkyl halides is 3. The Morgan fingerprint density at radius 3 is 2.50 bits per heavy atom. The Morgan fingerprint density at radius 1 is 1.28 bits per heavy atom. The van der Waals surface area contributed by atoms with Crippen LogP contribution in [0.2, 0.25) is 0 Å². The average molecular weight is 326 g/mol. The summed E-state index contributed by atoms with van der Waals surface area (Å²) in [7, 11) is 3.91. The van der Waals surface area contributed by atoms with Gasteiger partial charge in [-0.05, 0) is 57.2 Å². The van der Waals surface area contributed by atoms with Crippen molar-refractivity contribution < 1.29 is 17.9 Å². The van der Waals surface area contributed by atoms with Crippen molar-refractivity contribution in [3.8, 4) is 5.75 Å². The van der Waals surface area contributed by atoms with Crippen molar-refractivity contribution >= 4 is 15.9 Å². The maximum Gasteiger partial charge on any atom is 0.573 e. The van der Waals surface area contributed by atoms with Gasteiger partial charge in [-0.1, -0.05) is 15.9 Å². The van der Waals surface area contributed by atoms with Crippen LogP contribution in [-0.2, 0) is 6.42 Å². The highest BCUT2D eigenvalue weighted by Gasteiger charge is 2.31. The van der Waals surface area contributed by atoms with E-state index in [1.54, 1.807) is 6.07 Å². The van der Waals surface area contributed by atoms with E-state index in [9.17, 15) is 13.2 Å². The first kappa shape index (κ1) is 15.3. The van der Waals surface area contributed by atoms with Crippen LogP contribution in [0.1, 0.15) is 12.0 Å². The summed E-state index contributed by atoms with van der Waals surface area (Å²) in [5, 5.41) is 0. The van der Waals surface area contributed by atoms with E-state index in [1.165, 1.54) is 12.1 Å². The minimum absolute atomic E-state index is 0.175. The van der Waals surface area contributed by atoms with Crippen molar-refractivity contribution in [2.45, 2.75) is 19.2 Å². The molecule has 102 valence electrons. The summed E-state index contributed by atoms with van der Waals surface area (Å²) >= 11 is 3.33. The molecule has 0 aromatic heterocycles. The molecule has 0 spiro atoms. The van der Waals surface area contributed by atoms with Gasteiger partial charge < -0.3 is 9.64 Å². The molecule has 0 heterocycles. The highest BCUT2D eigenvalue weighted by molar-refractivity contribution is 9.10. The van der Waals surface area contributed by atoms with Gasteiger partial charge in [0, 0.05) is 4.47 Å². The van der Waals surface area contributed by atoms with Crippen LogP contribution in [0, 0.1) is 0 Å². The smallest absolute Gasteiger partial charge is 0.406 e. The molecule has 0 fully saturated rings. The molecule has 0 radical (unpaired) electrons. The fourth-order valence-electron chi connectivity index (χ4n) is 1.53. The van der Waals surface area contributed by atoms with Gasteiger partial charge in [-0.3, -0.25) is 0 Å². The van der Waals surface area contributed by atoms with E-state index in [4.69, 9.17) is 0 Å². The van der Waals surface area contributed by atoms with Crippen molar-refractivity contribution in [1.29, 1.82) is 0 Å². The van der Waals surface area contributed by atoms with Gasteiger partial charge in [-0.2, -0.15) is 0 Å². The van der Waals surface area contributed by atoms with Crippen molar-refractivity contribution in [1.82, 2.24) is 4.90 Å². The van der Waals surface area contributed by atoms with Crippen LogP contribution in [0.15, 0.2) is 22.7 Å². The summed E-state index contributed by atoms with van der Waals surface area (Å²) in [6, 6.07) is 4.30. The Kier molecular flexibility index (Phi) is 5.47. The van der Waals surface area contributed by atoms with Crippen LogP contribution in [0.4, 0.5) is 13.2 Å². The number of ether oxygens (including phenoxy) is 1. The van der Waals surface area contributed by atoms with Crippen molar-refractivity contribution in [2.75, 3.05) is 20.6 Å². The third-order valence-corrected chi connectivity index (χ3v) is 3.08. The molecule has 0 atom stereocenters. The first-order valence-corrected chi connectivity index (χ1v) is 6.26. The molecule has 0 amide bonds. The number of rotatable bonds is 5. The molecule has 0 aliphatic carbocycles. The van der Waals surface area contributed by atoms with E-state index in [0.717, 1.165) is 23.0 Å². The predicted molar refractivity (Wildman–Crippen MR) is 67.7 cm³/mol. The standard InChI is InChI=1S/C12H15BrF3NO/c1-17(2)7-3-4-9-8-10(5-6-11(9)13)18-12(14,15)16/h5-6,8H,3-4,7H2,1-2H3. The first-order valence-electron chi connectivity index (χ1n) is 5.47. The van der Waals surface area contributed by atoms with Crippen molar-refractivity contribution in [3.63, 3.8) is 0 Å². The largest absolute Gasteiger partial charge is 0.573 e. The highest BCUT2D eigenvalue weighted by Crippen LogP contribution is 2.28. The average Bonchev–Trinajstić information content (AvgIpc) is 2.20. The minimum atomic E-state index is -4.64. The molecule has 1 aromatic rings. The second-order valence-electron chi connectivity index (χ2n) is 4.21. The van der Waals surface area contributed by atoms with E-state index < -0.39 is 6.36 Å². The van der Waals surface area contributed by atoms with Crippen LogP contribution in [0.25, 0.3) is 0 Å². The normalized spacial score (nSPS) is 11.9. The topological polar surface area (TPSA) is 12.5 Å². The Labute approximate surface area is 113 Å². The number of aryl methyl sites for hydroxylation is 1. The third kappa shape index (κ3) is 5.73. The summed E-state index contributed by atoms with van der Waals surface area (Å²) in [5.41, 5.74) is 0.818. The molecule has 1 rings (SSSR count). The molecule has 0 aliphatic rings. The molecule has 0 N–H and O–H groups in total. The quantitative estimate of drug-likeness (QED) is 0.815. The molecule has 6 heteroatoms. The summed E-state index contributed by atoms with van der Waals surface area (Å²) in [6.07, 6.45) is -3.07. The van der Waals surface area contributed by atoms with Crippen LogP contribution >= 0.6 is 15.9 Å². The van der Waals surface area contributed by atoms with Gasteiger partial charge in [0.1, 0.15) is 5.75 Å².